The first-order valence-electron chi connectivity index (χ1n) is 7.88. The van der Waals surface area contributed by atoms with Gasteiger partial charge in [0, 0.05) is 41.7 Å². The van der Waals surface area contributed by atoms with E-state index in [1.807, 2.05) is 18.2 Å². The van der Waals surface area contributed by atoms with Gasteiger partial charge in [0.15, 0.2) is 5.69 Å². The number of carbonyl (C=O) groups is 1. The van der Waals surface area contributed by atoms with E-state index in [1.54, 1.807) is 12.3 Å². The molecule has 25 heavy (non-hydrogen) atoms. The van der Waals surface area contributed by atoms with E-state index in [9.17, 15) is 4.79 Å². The van der Waals surface area contributed by atoms with Gasteiger partial charge in [0.25, 0.3) is 0 Å². The summed E-state index contributed by atoms with van der Waals surface area (Å²) in [7, 11) is 1.38. The van der Waals surface area contributed by atoms with Gasteiger partial charge in [-0.05, 0) is 18.2 Å². The second-order valence-electron chi connectivity index (χ2n) is 5.88. The Bertz CT molecular complexity index is 1000. The number of ether oxygens (including phenoxy) is 1. The molecule has 1 aromatic carbocycles. The van der Waals surface area contributed by atoms with Crippen LogP contribution in [0.1, 0.15) is 27.3 Å². The highest BCUT2D eigenvalue weighted by Crippen LogP contribution is 2.30. The van der Waals surface area contributed by atoms with Crippen molar-refractivity contribution in [2.24, 2.45) is 0 Å². The number of methoxy groups -OCH3 is 1. The molecule has 7 heteroatoms. The summed E-state index contributed by atoms with van der Waals surface area (Å²) >= 11 is 0. The molecule has 0 aliphatic carbocycles. The molecule has 0 saturated heterocycles. The maximum atomic E-state index is 11.8. The second-order valence-corrected chi connectivity index (χ2v) is 5.88. The molecule has 3 aromatic rings. The van der Waals surface area contributed by atoms with Gasteiger partial charge < -0.3 is 14.6 Å². The van der Waals surface area contributed by atoms with Crippen molar-refractivity contribution in [1.29, 1.82) is 5.26 Å². The van der Waals surface area contributed by atoms with Gasteiger partial charge in [0.2, 0.25) is 0 Å². The molecule has 0 radical (unpaired) electrons. The third-order valence-corrected chi connectivity index (χ3v) is 4.47. The number of nitrogens with zero attached hydrogens (tertiary/aromatic N) is 4. The lowest BCUT2D eigenvalue weighted by molar-refractivity contribution is 0.0601. The van der Waals surface area contributed by atoms with Crippen LogP contribution in [0, 0.1) is 11.3 Å². The van der Waals surface area contributed by atoms with E-state index in [0.717, 1.165) is 35.2 Å². The number of rotatable bonds is 2. The van der Waals surface area contributed by atoms with Crippen molar-refractivity contribution in [2.45, 2.75) is 13.0 Å². The largest absolute Gasteiger partial charge is 0.465 e. The molecule has 0 amide bonds. The van der Waals surface area contributed by atoms with E-state index in [0.29, 0.717) is 17.8 Å². The average molecular weight is 333 g/mol. The maximum absolute atomic E-state index is 11.8. The number of nitriles is 1. The predicted octanol–water partition coefficient (Wildman–Crippen LogP) is 2.18. The smallest absolute Gasteiger partial charge is 0.337 e. The molecule has 0 atom stereocenters. The Balaban J connectivity index is 1.71. The minimum Gasteiger partial charge on any atom is -0.465 e. The van der Waals surface area contributed by atoms with Crippen molar-refractivity contribution >= 4 is 22.7 Å². The number of hydrogen-bond acceptors (Lipinski definition) is 6. The van der Waals surface area contributed by atoms with Crippen molar-refractivity contribution in [3.05, 3.63) is 53.1 Å². The zero-order valence-electron chi connectivity index (χ0n) is 13.6. The van der Waals surface area contributed by atoms with Crippen LogP contribution >= 0.6 is 0 Å². The quantitative estimate of drug-likeness (QED) is 0.722. The third kappa shape index (κ3) is 2.58. The van der Waals surface area contributed by atoms with Crippen molar-refractivity contribution < 1.29 is 9.53 Å². The molecule has 0 fully saturated rings. The summed E-state index contributed by atoms with van der Waals surface area (Å²) in [5, 5.41) is 9.86. The maximum Gasteiger partial charge on any atom is 0.337 e. The van der Waals surface area contributed by atoms with E-state index in [-0.39, 0.29) is 5.97 Å². The van der Waals surface area contributed by atoms with Crippen molar-refractivity contribution in [1.82, 2.24) is 15.0 Å². The number of esters is 1. The fraction of sp³-hybridized carbons (Fsp3) is 0.222. The van der Waals surface area contributed by atoms with Crippen molar-refractivity contribution in [3.63, 3.8) is 0 Å². The van der Waals surface area contributed by atoms with Gasteiger partial charge in [-0.25, -0.2) is 14.8 Å². The van der Waals surface area contributed by atoms with Crippen LogP contribution in [0.5, 0.6) is 0 Å². The Hall–Kier alpha value is -3.40. The molecule has 2 aromatic heterocycles. The van der Waals surface area contributed by atoms with Gasteiger partial charge in [0.1, 0.15) is 11.9 Å². The Morgan fingerprint density at radius 3 is 2.96 bits per heavy atom. The molecule has 1 N–H and O–H groups in total. The monoisotopic (exact) mass is 333 g/mol. The van der Waals surface area contributed by atoms with E-state index in [1.165, 1.54) is 19.0 Å². The molecule has 0 saturated carbocycles. The highest BCUT2D eigenvalue weighted by Gasteiger charge is 2.22. The number of hydrogen-bond donors (Lipinski definition) is 1. The highest BCUT2D eigenvalue weighted by atomic mass is 16.5. The van der Waals surface area contributed by atoms with Crippen LogP contribution in [-0.4, -0.2) is 34.6 Å². The number of aromatic nitrogens is 3. The van der Waals surface area contributed by atoms with Gasteiger partial charge in [-0.15, -0.1) is 0 Å². The molecule has 3 heterocycles. The molecule has 7 nitrogen and oxygen atoms in total. The Labute approximate surface area is 143 Å². The number of aromatic amines is 1. The molecule has 1 aliphatic rings. The number of benzene rings is 1. The van der Waals surface area contributed by atoms with E-state index >= 15 is 0 Å². The Kier molecular flexibility index (Phi) is 3.58. The predicted molar refractivity (Wildman–Crippen MR) is 91.1 cm³/mol. The molecule has 0 bridgehead atoms. The first kappa shape index (κ1) is 15.1. The summed E-state index contributed by atoms with van der Waals surface area (Å²) < 4.78 is 4.81. The number of carbonyl (C=O) groups excluding carboxylic acids is 1. The number of nitrogens with one attached hydrogen (secondary N) is 1. The molecular weight excluding hydrogens is 318 g/mol. The van der Waals surface area contributed by atoms with E-state index in [4.69, 9.17) is 10.00 Å². The molecule has 4 rings (SSSR count). The van der Waals surface area contributed by atoms with Crippen LogP contribution in [0.2, 0.25) is 0 Å². The summed E-state index contributed by atoms with van der Waals surface area (Å²) in [5.74, 6) is 0.394. The first-order chi connectivity index (χ1) is 12.2. The average Bonchev–Trinajstić information content (AvgIpc) is 3.04. The topological polar surface area (TPSA) is 94.9 Å². The van der Waals surface area contributed by atoms with E-state index in [2.05, 4.69) is 19.9 Å². The minimum atomic E-state index is -0.345. The lowest BCUT2D eigenvalue weighted by atomic mass is 10.0. The molecule has 1 aliphatic heterocycles. The van der Waals surface area contributed by atoms with Crippen molar-refractivity contribution in [3.8, 4) is 6.07 Å². The summed E-state index contributed by atoms with van der Waals surface area (Å²) in [6.07, 6.45) is 3.95. The standard InChI is InChI=1S/C18H15N5O2/c1-25-18(24)11-2-3-15-13(6-11)14-10-23(5-4-16(14)22-15)17-9-20-12(7-19)8-21-17/h2-3,6,8-9,22H,4-5,10H2,1H3. The summed E-state index contributed by atoms with van der Waals surface area (Å²) in [6.45, 7) is 1.48. The fourth-order valence-corrected chi connectivity index (χ4v) is 3.20. The normalized spacial score (nSPS) is 13.4. The Morgan fingerprint density at radius 1 is 1.36 bits per heavy atom. The molecular formula is C18H15N5O2. The number of H-pyrrole nitrogens is 1. The summed E-state index contributed by atoms with van der Waals surface area (Å²) in [6, 6.07) is 7.51. The van der Waals surface area contributed by atoms with Gasteiger partial charge in [-0.3, -0.25) is 0 Å². The Morgan fingerprint density at radius 2 is 2.24 bits per heavy atom. The second kappa shape index (κ2) is 5.91. The fourth-order valence-electron chi connectivity index (χ4n) is 3.20. The third-order valence-electron chi connectivity index (χ3n) is 4.47. The lowest BCUT2D eigenvalue weighted by Crippen LogP contribution is -2.30. The van der Waals surface area contributed by atoms with E-state index < -0.39 is 0 Å². The van der Waals surface area contributed by atoms with Crippen LogP contribution in [0.3, 0.4) is 0 Å². The zero-order chi connectivity index (χ0) is 17.4. The number of anilines is 1. The number of fused-ring (bicyclic) bond motifs is 3. The van der Waals surface area contributed by atoms with Gasteiger partial charge in [-0.1, -0.05) is 0 Å². The SMILES string of the molecule is COC(=O)c1ccc2[nH]c3c(c2c1)CN(c1cnc(C#N)cn1)CC3. The molecule has 0 spiro atoms. The lowest BCUT2D eigenvalue weighted by Gasteiger charge is -2.27. The minimum absolute atomic E-state index is 0.302. The van der Waals surface area contributed by atoms with Gasteiger partial charge in [-0.2, -0.15) is 5.26 Å². The molecule has 0 unspecified atom stereocenters. The first-order valence-corrected chi connectivity index (χ1v) is 7.88. The van der Waals surface area contributed by atoms with Crippen LogP contribution in [-0.2, 0) is 17.7 Å². The van der Waals surface area contributed by atoms with Crippen LogP contribution < -0.4 is 4.90 Å². The zero-order valence-corrected chi connectivity index (χ0v) is 13.6. The highest BCUT2D eigenvalue weighted by molar-refractivity contribution is 5.96. The van der Waals surface area contributed by atoms with Crippen molar-refractivity contribution in [2.75, 3.05) is 18.6 Å². The van der Waals surface area contributed by atoms with Crippen LogP contribution in [0.25, 0.3) is 10.9 Å². The van der Waals surface area contributed by atoms with Crippen LogP contribution in [0.15, 0.2) is 30.6 Å². The van der Waals surface area contributed by atoms with Gasteiger partial charge in [0.05, 0.1) is 25.1 Å². The molecule has 124 valence electrons. The van der Waals surface area contributed by atoms with Crippen LogP contribution in [0.4, 0.5) is 5.82 Å². The summed E-state index contributed by atoms with van der Waals surface area (Å²) in [4.78, 5) is 25.8. The van der Waals surface area contributed by atoms with Gasteiger partial charge >= 0.3 is 5.97 Å². The summed E-state index contributed by atoms with van der Waals surface area (Å²) in [5.41, 5.74) is 4.17.